The van der Waals surface area contributed by atoms with Crippen molar-refractivity contribution in [3.8, 4) is 0 Å². The monoisotopic (exact) mass is 346 g/mol. The van der Waals surface area contributed by atoms with Crippen LogP contribution in [0.3, 0.4) is 0 Å². The first-order valence-electron chi connectivity index (χ1n) is 7.59. The molecule has 1 amide bonds. The molecule has 2 rings (SSSR count). The molecule has 1 aliphatic carbocycles. The van der Waals surface area contributed by atoms with Crippen LogP contribution in [0.15, 0.2) is 29.8 Å². The molecule has 2 atom stereocenters. The number of methoxy groups -OCH3 is 1. The molecule has 25 heavy (non-hydrogen) atoms. The first-order chi connectivity index (χ1) is 11.7. The topological polar surface area (TPSA) is 116 Å². The number of rotatable bonds is 4. The lowest BCUT2D eigenvalue weighted by molar-refractivity contribution is -0.384. The van der Waals surface area contributed by atoms with Crippen LogP contribution in [-0.4, -0.2) is 29.7 Å². The van der Waals surface area contributed by atoms with E-state index in [2.05, 4.69) is 5.32 Å². The quantitative estimate of drug-likeness (QED) is 0.508. The summed E-state index contributed by atoms with van der Waals surface area (Å²) in [7, 11) is 1.26. The molecule has 132 valence electrons. The summed E-state index contributed by atoms with van der Waals surface area (Å²) in [6, 6.07) is 4.27. The molecule has 8 heteroatoms. The van der Waals surface area contributed by atoms with E-state index in [0.29, 0.717) is 11.1 Å². The SMILES string of the molecule is COC(=O)C1C(C)=CC(=O)CC1c1ccc(NC(C)=O)c([N+](=O)[O-])c1. The number of carbonyl (C=O) groups is 3. The number of carbonyl (C=O) groups excluding carboxylic acids is 3. The Morgan fingerprint density at radius 2 is 2.04 bits per heavy atom. The molecular weight excluding hydrogens is 328 g/mol. The molecule has 0 spiro atoms. The fraction of sp³-hybridized carbons (Fsp3) is 0.353. The summed E-state index contributed by atoms with van der Waals surface area (Å²) in [5, 5.41) is 13.7. The maximum atomic E-state index is 12.1. The Balaban J connectivity index is 2.51. The minimum atomic E-state index is -0.686. The van der Waals surface area contributed by atoms with E-state index >= 15 is 0 Å². The molecule has 1 aliphatic rings. The zero-order chi connectivity index (χ0) is 18.7. The van der Waals surface area contributed by atoms with Gasteiger partial charge in [0.1, 0.15) is 5.69 Å². The fourth-order valence-corrected chi connectivity index (χ4v) is 3.07. The summed E-state index contributed by atoms with van der Waals surface area (Å²) in [5.74, 6) is -2.34. The van der Waals surface area contributed by atoms with Crippen molar-refractivity contribution in [2.75, 3.05) is 12.4 Å². The van der Waals surface area contributed by atoms with E-state index in [9.17, 15) is 24.5 Å². The second kappa shape index (κ2) is 7.25. The van der Waals surface area contributed by atoms with Crippen LogP contribution >= 0.6 is 0 Å². The third-order valence-electron chi connectivity index (χ3n) is 4.12. The average molecular weight is 346 g/mol. The van der Waals surface area contributed by atoms with Gasteiger partial charge in [-0.25, -0.2) is 0 Å². The third kappa shape index (κ3) is 3.90. The Hall–Kier alpha value is -3.03. The summed E-state index contributed by atoms with van der Waals surface area (Å²) in [6.45, 7) is 2.91. The number of anilines is 1. The predicted octanol–water partition coefficient (Wildman–Crippen LogP) is 2.35. The maximum Gasteiger partial charge on any atom is 0.313 e. The minimum Gasteiger partial charge on any atom is -0.469 e. The van der Waals surface area contributed by atoms with E-state index in [1.54, 1.807) is 13.0 Å². The zero-order valence-corrected chi connectivity index (χ0v) is 14.1. The molecule has 0 heterocycles. The van der Waals surface area contributed by atoms with Gasteiger partial charge >= 0.3 is 5.97 Å². The largest absolute Gasteiger partial charge is 0.469 e. The third-order valence-corrected chi connectivity index (χ3v) is 4.12. The van der Waals surface area contributed by atoms with E-state index in [-0.39, 0.29) is 23.6 Å². The van der Waals surface area contributed by atoms with Crippen molar-refractivity contribution in [1.29, 1.82) is 0 Å². The number of hydrogen-bond donors (Lipinski definition) is 1. The Labute approximate surface area is 144 Å². The van der Waals surface area contributed by atoms with Gasteiger partial charge in [-0.3, -0.25) is 24.5 Å². The maximum absolute atomic E-state index is 12.1. The first kappa shape index (κ1) is 18.3. The Morgan fingerprint density at radius 3 is 2.60 bits per heavy atom. The van der Waals surface area contributed by atoms with Crippen LogP contribution in [0.5, 0.6) is 0 Å². The predicted molar refractivity (Wildman–Crippen MR) is 89.0 cm³/mol. The fourth-order valence-electron chi connectivity index (χ4n) is 3.07. The van der Waals surface area contributed by atoms with Crippen molar-refractivity contribution in [3.05, 3.63) is 45.5 Å². The van der Waals surface area contributed by atoms with Crippen molar-refractivity contribution in [2.45, 2.75) is 26.2 Å². The molecule has 1 aromatic carbocycles. The van der Waals surface area contributed by atoms with E-state index in [1.165, 1.54) is 32.2 Å². The number of nitro groups is 1. The van der Waals surface area contributed by atoms with Crippen LogP contribution in [0.25, 0.3) is 0 Å². The van der Waals surface area contributed by atoms with Crippen molar-refractivity contribution in [2.24, 2.45) is 5.92 Å². The minimum absolute atomic E-state index is 0.0493. The summed E-state index contributed by atoms with van der Waals surface area (Å²) in [6.07, 6.45) is 1.45. The molecule has 0 saturated carbocycles. The van der Waals surface area contributed by atoms with Crippen molar-refractivity contribution in [1.82, 2.24) is 0 Å². The van der Waals surface area contributed by atoms with E-state index in [1.807, 2.05) is 0 Å². The van der Waals surface area contributed by atoms with Gasteiger partial charge in [0, 0.05) is 25.3 Å². The second-order valence-electron chi connectivity index (χ2n) is 5.88. The molecule has 0 aromatic heterocycles. The highest BCUT2D eigenvalue weighted by Crippen LogP contribution is 2.40. The molecule has 0 radical (unpaired) electrons. The molecular formula is C17H18N2O6. The highest BCUT2D eigenvalue weighted by molar-refractivity contribution is 5.95. The average Bonchev–Trinajstić information content (AvgIpc) is 2.53. The lowest BCUT2D eigenvalue weighted by atomic mass is 9.74. The molecule has 8 nitrogen and oxygen atoms in total. The number of benzene rings is 1. The second-order valence-corrected chi connectivity index (χ2v) is 5.88. The van der Waals surface area contributed by atoms with E-state index in [4.69, 9.17) is 4.74 Å². The van der Waals surface area contributed by atoms with E-state index in [0.717, 1.165) is 0 Å². The van der Waals surface area contributed by atoms with Crippen LogP contribution in [-0.2, 0) is 19.1 Å². The van der Waals surface area contributed by atoms with Gasteiger partial charge in [0.05, 0.1) is 18.0 Å². The Bertz CT molecular complexity index is 783. The summed E-state index contributed by atoms with van der Waals surface area (Å²) in [4.78, 5) is 46.0. The van der Waals surface area contributed by atoms with Gasteiger partial charge < -0.3 is 10.1 Å². The zero-order valence-electron chi connectivity index (χ0n) is 14.1. The van der Waals surface area contributed by atoms with Crippen molar-refractivity contribution >= 4 is 29.0 Å². The van der Waals surface area contributed by atoms with Crippen molar-refractivity contribution in [3.63, 3.8) is 0 Å². The first-order valence-corrected chi connectivity index (χ1v) is 7.59. The summed E-state index contributed by atoms with van der Waals surface area (Å²) >= 11 is 0. The number of allylic oxidation sites excluding steroid dienone is 1. The number of nitrogens with one attached hydrogen (secondary N) is 1. The van der Waals surface area contributed by atoms with Crippen molar-refractivity contribution < 1.29 is 24.0 Å². The number of ether oxygens (including phenoxy) is 1. The normalized spacial score (nSPS) is 19.8. The Morgan fingerprint density at radius 1 is 1.36 bits per heavy atom. The smallest absolute Gasteiger partial charge is 0.313 e. The van der Waals surface area contributed by atoms with Crippen LogP contribution in [0, 0.1) is 16.0 Å². The van der Waals surface area contributed by atoms with Gasteiger partial charge in [-0.2, -0.15) is 0 Å². The standard InChI is InChI=1S/C17H18N2O6/c1-9-6-12(21)8-13(16(9)17(22)25-3)11-4-5-14(18-10(2)20)15(7-11)19(23)24/h4-7,13,16H,8H2,1-3H3,(H,18,20). The van der Waals surface area contributed by atoms with Gasteiger partial charge in [-0.1, -0.05) is 11.6 Å². The molecule has 0 aliphatic heterocycles. The lowest BCUT2D eigenvalue weighted by Crippen LogP contribution is -2.30. The number of amides is 1. The summed E-state index contributed by atoms with van der Waals surface area (Å²) < 4.78 is 4.82. The van der Waals surface area contributed by atoms with Crippen LogP contribution < -0.4 is 5.32 Å². The number of nitro benzene ring substituents is 1. The number of ketones is 1. The highest BCUT2D eigenvalue weighted by Gasteiger charge is 2.37. The van der Waals surface area contributed by atoms with Gasteiger partial charge in [0.2, 0.25) is 5.91 Å². The molecule has 1 N–H and O–H groups in total. The highest BCUT2D eigenvalue weighted by atomic mass is 16.6. The molecule has 0 fully saturated rings. The van der Waals surface area contributed by atoms with Crippen LogP contribution in [0.1, 0.15) is 31.7 Å². The van der Waals surface area contributed by atoms with Gasteiger partial charge in [0.25, 0.3) is 5.69 Å². The molecule has 2 unspecified atom stereocenters. The van der Waals surface area contributed by atoms with Crippen LogP contribution in [0.2, 0.25) is 0 Å². The van der Waals surface area contributed by atoms with Gasteiger partial charge in [0.15, 0.2) is 5.78 Å². The van der Waals surface area contributed by atoms with E-state index < -0.39 is 28.6 Å². The number of esters is 1. The number of hydrogen-bond acceptors (Lipinski definition) is 6. The molecule has 1 aromatic rings. The Kier molecular flexibility index (Phi) is 5.31. The molecule has 0 bridgehead atoms. The lowest BCUT2D eigenvalue weighted by Gasteiger charge is -2.29. The van der Waals surface area contributed by atoms with Gasteiger partial charge in [-0.15, -0.1) is 0 Å². The summed E-state index contributed by atoms with van der Waals surface area (Å²) in [5.41, 5.74) is 0.792. The number of nitrogens with zero attached hydrogens (tertiary/aromatic N) is 1. The molecule has 0 saturated heterocycles. The van der Waals surface area contributed by atoms with Gasteiger partial charge in [-0.05, 0) is 24.6 Å². The van der Waals surface area contributed by atoms with Crippen LogP contribution in [0.4, 0.5) is 11.4 Å².